The van der Waals surface area contributed by atoms with E-state index in [1.807, 2.05) is 25.1 Å². The third-order valence-corrected chi connectivity index (χ3v) is 6.78. The number of hydrogen-bond donors (Lipinski definition) is 2. The van der Waals surface area contributed by atoms with E-state index in [9.17, 15) is 13.2 Å². The molecule has 1 aliphatic carbocycles. The predicted octanol–water partition coefficient (Wildman–Crippen LogP) is 3.55. The van der Waals surface area contributed by atoms with Crippen molar-refractivity contribution in [3.05, 3.63) is 53.6 Å². The highest BCUT2D eigenvalue weighted by Gasteiger charge is 2.24. The molecule has 1 aliphatic rings. The number of aryl methyl sites for hydroxylation is 1. The quantitative estimate of drug-likeness (QED) is 0.661. The van der Waals surface area contributed by atoms with Crippen LogP contribution in [0.5, 0.6) is 0 Å². The summed E-state index contributed by atoms with van der Waals surface area (Å²) in [6.45, 7) is 2.45. The lowest BCUT2D eigenvalue weighted by molar-refractivity contribution is 0.102. The van der Waals surface area contributed by atoms with Crippen LogP contribution in [0, 0.1) is 12.8 Å². The van der Waals surface area contributed by atoms with Gasteiger partial charge in [-0.2, -0.15) is 0 Å². The lowest BCUT2D eigenvalue weighted by Crippen LogP contribution is -2.26. The van der Waals surface area contributed by atoms with Crippen molar-refractivity contribution in [1.29, 1.82) is 0 Å². The number of hydrogen-bond acceptors (Lipinski definition) is 5. The number of nitrogens with zero attached hydrogens (tertiary/aromatic N) is 1. The fourth-order valence-corrected chi connectivity index (χ4v) is 4.81. The summed E-state index contributed by atoms with van der Waals surface area (Å²) in [5.41, 5.74) is 2.22. The molecule has 6 nitrogen and oxygen atoms in total. The first-order chi connectivity index (χ1) is 12.9. The number of anilines is 1. The number of rotatable bonds is 6. The van der Waals surface area contributed by atoms with Gasteiger partial charge in [0.25, 0.3) is 5.91 Å². The smallest absolute Gasteiger partial charge is 0.257 e. The van der Waals surface area contributed by atoms with Gasteiger partial charge in [-0.1, -0.05) is 23.5 Å². The summed E-state index contributed by atoms with van der Waals surface area (Å²) in [7, 11) is -3.61. The fourth-order valence-electron chi connectivity index (χ4n) is 2.69. The van der Waals surface area contributed by atoms with Crippen LogP contribution in [-0.2, 0) is 10.0 Å². The molecule has 4 rings (SSSR count). The molecule has 0 spiro atoms. The molecule has 0 atom stereocenters. The molecule has 1 fully saturated rings. The molecule has 2 aromatic carbocycles. The highest BCUT2D eigenvalue weighted by atomic mass is 32.2. The molecule has 8 heteroatoms. The molecule has 1 amide bonds. The molecule has 1 saturated carbocycles. The van der Waals surface area contributed by atoms with Crippen molar-refractivity contribution in [1.82, 2.24) is 9.71 Å². The highest BCUT2D eigenvalue weighted by molar-refractivity contribution is 7.89. The Hall–Kier alpha value is -2.29. The second kappa shape index (κ2) is 7.03. The number of nitrogens with one attached hydrogen (secondary N) is 2. The minimum absolute atomic E-state index is 0.0933. The Balaban J connectivity index is 1.52. The largest absolute Gasteiger partial charge is 0.298 e. The summed E-state index contributed by atoms with van der Waals surface area (Å²) in [5.74, 6) is 0.0546. The van der Waals surface area contributed by atoms with Gasteiger partial charge < -0.3 is 0 Å². The van der Waals surface area contributed by atoms with Gasteiger partial charge in [0.15, 0.2) is 5.13 Å². The first-order valence-corrected chi connectivity index (χ1v) is 11.0. The van der Waals surface area contributed by atoms with Gasteiger partial charge in [-0.05, 0) is 61.6 Å². The molecule has 3 aromatic rings. The first-order valence-electron chi connectivity index (χ1n) is 8.69. The van der Waals surface area contributed by atoms with Crippen LogP contribution in [0.4, 0.5) is 5.13 Å². The Morgan fingerprint density at radius 2 is 2.04 bits per heavy atom. The van der Waals surface area contributed by atoms with Gasteiger partial charge in [0.05, 0.1) is 15.1 Å². The topological polar surface area (TPSA) is 88.2 Å². The summed E-state index contributed by atoms with van der Waals surface area (Å²) in [4.78, 5) is 17.0. The molecule has 27 heavy (non-hydrogen) atoms. The highest BCUT2D eigenvalue weighted by Crippen LogP contribution is 2.29. The van der Waals surface area contributed by atoms with E-state index in [1.165, 1.54) is 23.5 Å². The number of sulfonamides is 1. The van der Waals surface area contributed by atoms with Crippen LogP contribution >= 0.6 is 11.3 Å². The summed E-state index contributed by atoms with van der Waals surface area (Å²) >= 11 is 1.39. The Bertz CT molecular complexity index is 1120. The van der Waals surface area contributed by atoms with E-state index in [-0.39, 0.29) is 16.4 Å². The van der Waals surface area contributed by atoms with Crippen molar-refractivity contribution in [2.24, 2.45) is 5.92 Å². The van der Waals surface area contributed by atoms with Crippen molar-refractivity contribution in [2.45, 2.75) is 24.7 Å². The number of fused-ring (bicyclic) bond motifs is 1. The number of thiazole rings is 1. The van der Waals surface area contributed by atoms with E-state index >= 15 is 0 Å². The molecule has 0 saturated heterocycles. The van der Waals surface area contributed by atoms with Crippen molar-refractivity contribution in [2.75, 3.05) is 11.9 Å². The molecular weight excluding hydrogens is 382 g/mol. The van der Waals surface area contributed by atoms with E-state index in [2.05, 4.69) is 15.0 Å². The number of carbonyl (C=O) groups is 1. The molecule has 0 radical (unpaired) electrons. The van der Waals surface area contributed by atoms with Crippen LogP contribution in [0.25, 0.3) is 10.2 Å². The van der Waals surface area contributed by atoms with Gasteiger partial charge in [-0.3, -0.25) is 10.1 Å². The molecule has 1 aromatic heterocycles. The summed E-state index contributed by atoms with van der Waals surface area (Å²) in [6.07, 6.45) is 2.12. The maximum Gasteiger partial charge on any atom is 0.257 e. The van der Waals surface area contributed by atoms with Gasteiger partial charge in [-0.15, -0.1) is 0 Å². The van der Waals surface area contributed by atoms with Crippen LogP contribution in [0.1, 0.15) is 28.8 Å². The predicted molar refractivity (Wildman–Crippen MR) is 107 cm³/mol. The monoisotopic (exact) mass is 401 g/mol. The van der Waals surface area contributed by atoms with E-state index in [4.69, 9.17) is 0 Å². The van der Waals surface area contributed by atoms with Gasteiger partial charge in [-0.25, -0.2) is 18.1 Å². The van der Waals surface area contributed by atoms with E-state index < -0.39 is 10.0 Å². The van der Waals surface area contributed by atoms with Crippen LogP contribution in [0.3, 0.4) is 0 Å². The minimum Gasteiger partial charge on any atom is -0.298 e. The Labute approximate surface area is 161 Å². The van der Waals surface area contributed by atoms with Crippen LogP contribution in [0.2, 0.25) is 0 Å². The lowest BCUT2D eigenvalue weighted by atomic mass is 10.2. The zero-order valence-electron chi connectivity index (χ0n) is 14.7. The average Bonchev–Trinajstić information content (AvgIpc) is 3.39. The maximum absolute atomic E-state index is 12.6. The summed E-state index contributed by atoms with van der Waals surface area (Å²) < 4.78 is 28.4. The SMILES string of the molecule is Cc1ccc2nc(NC(=O)c3cccc(S(=O)(=O)NCC4CC4)c3)sc2c1. The average molecular weight is 402 g/mol. The van der Waals surface area contributed by atoms with Gasteiger partial charge >= 0.3 is 0 Å². The number of aromatic nitrogens is 1. The zero-order valence-corrected chi connectivity index (χ0v) is 16.4. The lowest BCUT2D eigenvalue weighted by Gasteiger charge is -2.08. The van der Waals surface area contributed by atoms with E-state index in [0.29, 0.717) is 17.6 Å². The Morgan fingerprint density at radius 3 is 2.81 bits per heavy atom. The van der Waals surface area contributed by atoms with E-state index in [1.54, 1.807) is 12.1 Å². The van der Waals surface area contributed by atoms with E-state index in [0.717, 1.165) is 28.6 Å². The summed E-state index contributed by atoms with van der Waals surface area (Å²) in [6, 6.07) is 11.9. The standard InChI is InChI=1S/C19H19N3O3S2/c1-12-5-8-16-17(9-12)26-19(21-16)22-18(23)14-3-2-4-15(10-14)27(24,25)20-11-13-6-7-13/h2-5,8-10,13,20H,6-7,11H2,1H3,(H,21,22,23). The van der Waals surface area contributed by atoms with Crippen molar-refractivity contribution in [3.8, 4) is 0 Å². The molecule has 0 bridgehead atoms. The third-order valence-electron chi connectivity index (χ3n) is 4.43. The van der Waals surface area contributed by atoms with Crippen molar-refractivity contribution >= 4 is 42.6 Å². The first kappa shape index (κ1) is 18.1. The number of benzene rings is 2. The fraction of sp³-hybridized carbons (Fsp3) is 0.263. The molecular formula is C19H19N3O3S2. The van der Waals surface area contributed by atoms with Gasteiger partial charge in [0.2, 0.25) is 10.0 Å². The normalized spacial score (nSPS) is 14.4. The second-order valence-electron chi connectivity index (χ2n) is 6.77. The minimum atomic E-state index is -3.61. The molecule has 0 unspecified atom stereocenters. The third kappa shape index (κ3) is 4.18. The zero-order chi connectivity index (χ0) is 19.0. The molecule has 140 valence electrons. The van der Waals surface area contributed by atoms with Gasteiger partial charge in [0.1, 0.15) is 0 Å². The Kier molecular flexibility index (Phi) is 4.71. The molecule has 0 aliphatic heterocycles. The Morgan fingerprint density at radius 1 is 1.22 bits per heavy atom. The van der Waals surface area contributed by atoms with Crippen LogP contribution in [0.15, 0.2) is 47.4 Å². The summed E-state index contributed by atoms with van der Waals surface area (Å²) in [5, 5.41) is 3.25. The number of amides is 1. The van der Waals surface area contributed by atoms with Gasteiger partial charge in [0, 0.05) is 12.1 Å². The van der Waals surface area contributed by atoms with Crippen molar-refractivity contribution < 1.29 is 13.2 Å². The number of carbonyl (C=O) groups excluding carboxylic acids is 1. The van der Waals surface area contributed by atoms with Crippen molar-refractivity contribution in [3.63, 3.8) is 0 Å². The van der Waals surface area contributed by atoms with Crippen LogP contribution in [-0.4, -0.2) is 25.9 Å². The second-order valence-corrected chi connectivity index (χ2v) is 9.57. The maximum atomic E-state index is 12.6. The van der Waals surface area contributed by atoms with Crippen LogP contribution < -0.4 is 10.0 Å². The molecule has 2 N–H and O–H groups in total. The molecule has 1 heterocycles.